The maximum Gasteiger partial charge on any atom is 0.357 e. The molecule has 0 amide bonds. The molecule has 0 unspecified atom stereocenters. The first kappa shape index (κ1) is 10.9. The van der Waals surface area contributed by atoms with Crippen LogP contribution in [0.15, 0.2) is 10.7 Å². The average molecular weight is 226 g/mol. The summed E-state index contributed by atoms with van der Waals surface area (Å²) < 4.78 is 5.09. The maximum atomic E-state index is 10.6. The van der Waals surface area contributed by atoms with Gasteiger partial charge >= 0.3 is 5.97 Å². The van der Waals surface area contributed by atoms with Crippen LogP contribution >= 0.6 is 0 Å². The van der Waals surface area contributed by atoms with E-state index in [1.165, 1.54) is 0 Å². The third kappa shape index (κ3) is 2.16. The smallest absolute Gasteiger partial charge is 0.357 e. The Morgan fingerprint density at radius 3 is 2.69 bits per heavy atom. The molecule has 0 aliphatic carbocycles. The van der Waals surface area contributed by atoms with E-state index in [4.69, 9.17) is 9.52 Å². The molecule has 1 aliphatic heterocycles. The predicted molar refractivity (Wildman–Crippen MR) is 55.5 cm³/mol. The summed E-state index contributed by atoms with van der Waals surface area (Å²) in [5.74, 6) is -1.10. The van der Waals surface area contributed by atoms with Gasteiger partial charge in [-0.3, -0.25) is 0 Å². The zero-order chi connectivity index (χ0) is 11.8. The predicted octanol–water partition coefficient (Wildman–Crippen LogP) is 0.724. The lowest BCUT2D eigenvalue weighted by Crippen LogP contribution is -2.42. The minimum absolute atomic E-state index is 0.0904. The van der Waals surface area contributed by atoms with Gasteiger partial charge in [-0.25, -0.2) is 4.79 Å². The molecule has 2 heterocycles. The quantitative estimate of drug-likeness (QED) is 0.772. The highest BCUT2D eigenvalue weighted by molar-refractivity contribution is 5.85. The van der Waals surface area contributed by atoms with Crippen LogP contribution < -0.4 is 4.90 Å². The lowest BCUT2D eigenvalue weighted by molar-refractivity contribution is 0.0343. The molecule has 1 fully saturated rings. The molecule has 0 atom stereocenters. The summed E-state index contributed by atoms with van der Waals surface area (Å²) in [6.45, 7) is 3.03. The average Bonchev–Trinajstić information content (AvgIpc) is 2.66. The second kappa shape index (κ2) is 3.79. The minimum Gasteiger partial charge on any atom is -0.476 e. The first-order valence-corrected chi connectivity index (χ1v) is 5.14. The van der Waals surface area contributed by atoms with Gasteiger partial charge in [0.05, 0.1) is 5.60 Å². The van der Waals surface area contributed by atoms with Crippen LogP contribution in [0.25, 0.3) is 0 Å². The van der Waals surface area contributed by atoms with E-state index in [1.807, 2.05) is 4.90 Å². The van der Waals surface area contributed by atoms with Crippen LogP contribution in [0, 0.1) is 0 Å². The first-order chi connectivity index (χ1) is 7.48. The molecule has 6 heteroatoms. The Hall–Kier alpha value is -1.56. The summed E-state index contributed by atoms with van der Waals surface area (Å²) in [6.07, 6.45) is 2.37. The third-order valence-electron chi connectivity index (χ3n) is 2.82. The van der Waals surface area contributed by atoms with E-state index in [-0.39, 0.29) is 5.69 Å². The van der Waals surface area contributed by atoms with Crippen LogP contribution in [-0.4, -0.2) is 39.9 Å². The van der Waals surface area contributed by atoms with Gasteiger partial charge in [-0.2, -0.15) is 4.98 Å². The van der Waals surface area contributed by atoms with Crippen LogP contribution in [0.3, 0.4) is 0 Å². The number of aromatic nitrogens is 1. The normalized spacial score (nSPS) is 19.8. The van der Waals surface area contributed by atoms with E-state index in [0.717, 1.165) is 6.26 Å². The van der Waals surface area contributed by atoms with Crippen LogP contribution in [0.4, 0.5) is 6.01 Å². The number of nitrogens with zero attached hydrogens (tertiary/aromatic N) is 2. The van der Waals surface area contributed by atoms with Crippen LogP contribution in [-0.2, 0) is 0 Å². The summed E-state index contributed by atoms with van der Waals surface area (Å²) in [7, 11) is 0. The van der Waals surface area contributed by atoms with Gasteiger partial charge in [0.15, 0.2) is 5.69 Å². The topological polar surface area (TPSA) is 86.8 Å². The summed E-state index contributed by atoms with van der Waals surface area (Å²) in [5.41, 5.74) is -0.731. The molecule has 1 aliphatic rings. The van der Waals surface area contributed by atoms with E-state index in [9.17, 15) is 9.90 Å². The molecule has 6 nitrogen and oxygen atoms in total. The van der Waals surface area contributed by atoms with Crippen molar-refractivity contribution in [3.8, 4) is 0 Å². The highest BCUT2D eigenvalue weighted by atomic mass is 16.4. The second-order valence-corrected chi connectivity index (χ2v) is 4.30. The third-order valence-corrected chi connectivity index (χ3v) is 2.82. The Kier molecular flexibility index (Phi) is 2.59. The number of aliphatic hydroxyl groups is 1. The number of rotatable bonds is 2. The van der Waals surface area contributed by atoms with Crippen LogP contribution in [0.5, 0.6) is 0 Å². The number of piperidine rings is 1. The van der Waals surface area contributed by atoms with Gasteiger partial charge in [0.2, 0.25) is 0 Å². The fourth-order valence-corrected chi connectivity index (χ4v) is 1.69. The summed E-state index contributed by atoms with van der Waals surface area (Å²) in [5, 5.41) is 18.5. The minimum atomic E-state index is -1.10. The molecule has 1 saturated heterocycles. The van der Waals surface area contributed by atoms with Gasteiger partial charge in [0.1, 0.15) is 6.26 Å². The number of carbonyl (C=O) groups is 1. The summed E-state index contributed by atoms with van der Waals surface area (Å²) in [4.78, 5) is 16.3. The lowest BCUT2D eigenvalue weighted by Gasteiger charge is -2.34. The molecular weight excluding hydrogens is 212 g/mol. The Morgan fingerprint density at radius 2 is 2.19 bits per heavy atom. The fraction of sp³-hybridized carbons (Fsp3) is 0.600. The van der Waals surface area contributed by atoms with Crippen molar-refractivity contribution in [3.05, 3.63) is 12.0 Å². The summed E-state index contributed by atoms with van der Waals surface area (Å²) >= 11 is 0. The van der Waals surface area contributed by atoms with Crippen molar-refractivity contribution < 1.29 is 19.4 Å². The number of hydrogen-bond donors (Lipinski definition) is 2. The van der Waals surface area contributed by atoms with Gasteiger partial charge < -0.3 is 19.5 Å². The molecule has 0 bridgehead atoms. The van der Waals surface area contributed by atoms with Crippen molar-refractivity contribution in [2.75, 3.05) is 18.0 Å². The molecule has 0 aromatic carbocycles. The molecule has 1 aromatic heterocycles. The number of anilines is 1. The van der Waals surface area contributed by atoms with Gasteiger partial charge in [0.25, 0.3) is 6.01 Å². The molecule has 1 aromatic rings. The van der Waals surface area contributed by atoms with Gasteiger partial charge in [-0.05, 0) is 19.8 Å². The maximum absolute atomic E-state index is 10.6. The molecule has 0 radical (unpaired) electrons. The van der Waals surface area contributed by atoms with Crippen LogP contribution in [0.1, 0.15) is 30.3 Å². The van der Waals surface area contributed by atoms with E-state index in [0.29, 0.717) is 31.9 Å². The number of oxazole rings is 1. The highest BCUT2D eigenvalue weighted by Gasteiger charge is 2.29. The molecule has 16 heavy (non-hydrogen) atoms. The van der Waals surface area contributed by atoms with E-state index in [2.05, 4.69) is 4.98 Å². The van der Waals surface area contributed by atoms with E-state index in [1.54, 1.807) is 6.92 Å². The molecule has 0 saturated carbocycles. The Bertz CT molecular complexity index is 389. The zero-order valence-corrected chi connectivity index (χ0v) is 9.01. The molecule has 2 N–H and O–H groups in total. The Balaban J connectivity index is 2.05. The number of carboxylic acids is 1. The standard InChI is InChI=1S/C10H14N2O4/c1-10(15)2-4-12(5-3-10)9-11-7(6-16-9)8(13)14/h6,15H,2-5H2,1H3,(H,13,14). The van der Waals surface area contributed by atoms with Gasteiger partial charge in [0, 0.05) is 13.1 Å². The second-order valence-electron chi connectivity index (χ2n) is 4.30. The molecule has 2 rings (SSSR count). The number of carboxylic acid groups (broad SMARTS) is 1. The van der Waals surface area contributed by atoms with Crippen molar-refractivity contribution in [3.63, 3.8) is 0 Å². The van der Waals surface area contributed by atoms with Gasteiger partial charge in [-0.15, -0.1) is 0 Å². The number of hydrogen-bond acceptors (Lipinski definition) is 5. The zero-order valence-electron chi connectivity index (χ0n) is 9.01. The van der Waals surface area contributed by atoms with Crippen molar-refractivity contribution in [2.45, 2.75) is 25.4 Å². The van der Waals surface area contributed by atoms with E-state index < -0.39 is 11.6 Å². The first-order valence-electron chi connectivity index (χ1n) is 5.14. The number of aromatic carboxylic acids is 1. The Morgan fingerprint density at radius 1 is 1.56 bits per heavy atom. The van der Waals surface area contributed by atoms with Crippen molar-refractivity contribution in [2.24, 2.45) is 0 Å². The van der Waals surface area contributed by atoms with Crippen molar-refractivity contribution in [1.29, 1.82) is 0 Å². The van der Waals surface area contributed by atoms with Crippen LogP contribution in [0.2, 0.25) is 0 Å². The largest absolute Gasteiger partial charge is 0.476 e. The molecule has 88 valence electrons. The van der Waals surface area contributed by atoms with E-state index >= 15 is 0 Å². The SMILES string of the molecule is CC1(O)CCN(c2nc(C(=O)O)co2)CC1. The molecule has 0 spiro atoms. The van der Waals surface area contributed by atoms with Crippen molar-refractivity contribution in [1.82, 2.24) is 4.98 Å². The van der Waals surface area contributed by atoms with Crippen molar-refractivity contribution >= 4 is 12.0 Å². The Labute approximate surface area is 92.5 Å². The highest BCUT2D eigenvalue weighted by Crippen LogP contribution is 2.25. The monoisotopic (exact) mass is 226 g/mol. The fourth-order valence-electron chi connectivity index (χ4n) is 1.69. The lowest BCUT2D eigenvalue weighted by atomic mass is 9.94. The summed E-state index contributed by atoms with van der Waals surface area (Å²) in [6, 6.07) is 0.313. The molecular formula is C10H14N2O4. The van der Waals surface area contributed by atoms with Gasteiger partial charge in [-0.1, -0.05) is 0 Å².